The van der Waals surface area contributed by atoms with Gasteiger partial charge in [-0.3, -0.25) is 0 Å². The fourth-order valence-corrected chi connectivity index (χ4v) is 1.70. The van der Waals surface area contributed by atoms with Gasteiger partial charge in [0, 0.05) is 5.92 Å². The molecule has 1 aromatic rings. The highest BCUT2D eigenvalue weighted by atomic mass is 16.6. The third-order valence-corrected chi connectivity index (χ3v) is 2.60. The number of aldehydes is 1. The zero-order chi connectivity index (χ0) is 10.7. The zero-order valence-corrected chi connectivity index (χ0v) is 8.73. The van der Waals surface area contributed by atoms with Gasteiger partial charge in [-0.1, -0.05) is 13.0 Å². The molecule has 0 bridgehead atoms. The van der Waals surface area contributed by atoms with E-state index < -0.39 is 0 Å². The molecule has 0 N–H and O–H groups in total. The monoisotopic (exact) mass is 206 g/mol. The third kappa shape index (κ3) is 1.96. The smallest absolute Gasteiger partial charge is 0.161 e. The first-order valence-corrected chi connectivity index (χ1v) is 5.20. The van der Waals surface area contributed by atoms with Crippen LogP contribution in [0.3, 0.4) is 0 Å². The van der Waals surface area contributed by atoms with Crippen molar-refractivity contribution in [2.45, 2.75) is 19.3 Å². The minimum Gasteiger partial charge on any atom is -0.486 e. The summed E-state index contributed by atoms with van der Waals surface area (Å²) in [6, 6.07) is 5.70. The SMILES string of the molecule is CCC(C=O)c1ccc2c(c1)OCCO2. The van der Waals surface area contributed by atoms with Gasteiger partial charge in [0.1, 0.15) is 19.5 Å². The molecule has 0 fully saturated rings. The lowest BCUT2D eigenvalue weighted by Gasteiger charge is -2.19. The van der Waals surface area contributed by atoms with Gasteiger partial charge < -0.3 is 14.3 Å². The highest BCUT2D eigenvalue weighted by Gasteiger charge is 2.15. The Morgan fingerprint density at radius 1 is 1.33 bits per heavy atom. The number of hydrogen-bond acceptors (Lipinski definition) is 3. The number of carbonyl (C=O) groups is 1. The first-order valence-electron chi connectivity index (χ1n) is 5.20. The van der Waals surface area contributed by atoms with E-state index in [9.17, 15) is 4.79 Å². The Hall–Kier alpha value is -1.51. The van der Waals surface area contributed by atoms with Crippen LogP contribution in [0.4, 0.5) is 0 Å². The van der Waals surface area contributed by atoms with Crippen molar-refractivity contribution >= 4 is 6.29 Å². The largest absolute Gasteiger partial charge is 0.486 e. The molecule has 1 aliphatic rings. The van der Waals surface area contributed by atoms with Crippen molar-refractivity contribution in [2.75, 3.05) is 13.2 Å². The molecule has 0 saturated carbocycles. The Labute approximate surface area is 89.0 Å². The lowest BCUT2D eigenvalue weighted by atomic mass is 9.98. The van der Waals surface area contributed by atoms with Crippen LogP contribution < -0.4 is 9.47 Å². The van der Waals surface area contributed by atoms with Crippen LogP contribution >= 0.6 is 0 Å². The summed E-state index contributed by atoms with van der Waals surface area (Å²) < 4.78 is 10.9. The quantitative estimate of drug-likeness (QED) is 0.711. The van der Waals surface area contributed by atoms with Gasteiger partial charge in [-0.25, -0.2) is 0 Å². The molecule has 3 heteroatoms. The van der Waals surface area contributed by atoms with E-state index in [0.29, 0.717) is 13.2 Å². The van der Waals surface area contributed by atoms with Gasteiger partial charge >= 0.3 is 0 Å². The lowest BCUT2D eigenvalue weighted by Crippen LogP contribution is -2.15. The summed E-state index contributed by atoms with van der Waals surface area (Å²) in [6.45, 7) is 3.17. The van der Waals surface area contributed by atoms with E-state index in [1.807, 2.05) is 25.1 Å². The van der Waals surface area contributed by atoms with Crippen LogP contribution in [-0.2, 0) is 4.79 Å². The second-order valence-corrected chi connectivity index (χ2v) is 3.55. The molecule has 1 unspecified atom stereocenters. The van der Waals surface area contributed by atoms with Crippen LogP contribution in [0, 0.1) is 0 Å². The topological polar surface area (TPSA) is 35.5 Å². The molecule has 1 aliphatic heterocycles. The molecule has 0 spiro atoms. The number of rotatable bonds is 3. The van der Waals surface area contributed by atoms with Gasteiger partial charge in [0.2, 0.25) is 0 Å². The van der Waals surface area contributed by atoms with E-state index in [1.54, 1.807) is 0 Å². The van der Waals surface area contributed by atoms with E-state index in [0.717, 1.165) is 29.8 Å². The molecule has 3 nitrogen and oxygen atoms in total. The van der Waals surface area contributed by atoms with E-state index >= 15 is 0 Å². The lowest BCUT2D eigenvalue weighted by molar-refractivity contribution is -0.109. The van der Waals surface area contributed by atoms with Crippen molar-refractivity contribution in [3.05, 3.63) is 23.8 Å². The second-order valence-electron chi connectivity index (χ2n) is 3.55. The molecule has 80 valence electrons. The molecule has 1 aromatic carbocycles. The second kappa shape index (κ2) is 4.34. The van der Waals surface area contributed by atoms with Crippen LogP contribution in [0.1, 0.15) is 24.8 Å². The first-order chi connectivity index (χ1) is 7.35. The normalized spacial score (nSPS) is 15.8. The molecule has 0 amide bonds. The van der Waals surface area contributed by atoms with E-state index in [1.165, 1.54) is 0 Å². The summed E-state index contributed by atoms with van der Waals surface area (Å²) in [5.41, 5.74) is 0.997. The minimum atomic E-state index is -0.0409. The Kier molecular flexibility index (Phi) is 2.90. The van der Waals surface area contributed by atoms with Crippen LogP contribution in [-0.4, -0.2) is 19.5 Å². The number of benzene rings is 1. The summed E-state index contributed by atoms with van der Waals surface area (Å²) >= 11 is 0. The van der Waals surface area contributed by atoms with E-state index in [-0.39, 0.29) is 5.92 Å². The highest BCUT2D eigenvalue weighted by Crippen LogP contribution is 2.33. The van der Waals surface area contributed by atoms with Gasteiger partial charge in [0.15, 0.2) is 11.5 Å². The highest BCUT2D eigenvalue weighted by molar-refractivity contribution is 5.63. The molecule has 15 heavy (non-hydrogen) atoms. The summed E-state index contributed by atoms with van der Waals surface area (Å²) in [6.07, 6.45) is 1.79. The molecule has 0 radical (unpaired) electrons. The van der Waals surface area contributed by atoms with Crippen LogP contribution in [0.25, 0.3) is 0 Å². The maximum atomic E-state index is 10.8. The zero-order valence-electron chi connectivity index (χ0n) is 8.73. The Bertz CT molecular complexity index is 360. The predicted molar refractivity (Wildman–Crippen MR) is 56.5 cm³/mol. The molecule has 0 aliphatic carbocycles. The molecule has 0 aromatic heterocycles. The number of hydrogen-bond donors (Lipinski definition) is 0. The molecule has 1 atom stereocenters. The maximum absolute atomic E-state index is 10.8. The molecule has 0 saturated heterocycles. The number of fused-ring (bicyclic) bond motifs is 1. The van der Waals surface area contributed by atoms with E-state index in [2.05, 4.69) is 0 Å². The number of carbonyl (C=O) groups excluding carboxylic acids is 1. The fourth-order valence-electron chi connectivity index (χ4n) is 1.70. The summed E-state index contributed by atoms with van der Waals surface area (Å²) in [4.78, 5) is 10.8. The van der Waals surface area contributed by atoms with Crippen molar-refractivity contribution in [1.82, 2.24) is 0 Å². The van der Waals surface area contributed by atoms with Gasteiger partial charge in [0.25, 0.3) is 0 Å². The minimum absolute atomic E-state index is 0.0409. The standard InChI is InChI=1S/C12H14O3/c1-2-9(8-13)10-3-4-11-12(7-10)15-6-5-14-11/h3-4,7-9H,2,5-6H2,1H3. The van der Waals surface area contributed by atoms with Crippen LogP contribution in [0.2, 0.25) is 0 Å². The number of ether oxygens (including phenoxy) is 2. The van der Waals surface area contributed by atoms with Gasteiger partial charge in [-0.05, 0) is 24.1 Å². The molecule has 2 rings (SSSR count). The first kappa shape index (κ1) is 10.0. The van der Waals surface area contributed by atoms with Crippen molar-refractivity contribution in [3.63, 3.8) is 0 Å². The average Bonchev–Trinajstić information content (AvgIpc) is 2.30. The van der Waals surface area contributed by atoms with Crippen LogP contribution in [0.5, 0.6) is 11.5 Å². The van der Waals surface area contributed by atoms with Gasteiger partial charge in [0.05, 0.1) is 0 Å². The summed E-state index contributed by atoms with van der Waals surface area (Å²) in [5, 5.41) is 0. The third-order valence-electron chi connectivity index (χ3n) is 2.60. The van der Waals surface area contributed by atoms with Crippen molar-refractivity contribution in [3.8, 4) is 11.5 Å². The molecule has 1 heterocycles. The van der Waals surface area contributed by atoms with E-state index in [4.69, 9.17) is 9.47 Å². The fraction of sp³-hybridized carbons (Fsp3) is 0.417. The maximum Gasteiger partial charge on any atom is 0.161 e. The van der Waals surface area contributed by atoms with Crippen molar-refractivity contribution in [1.29, 1.82) is 0 Å². The molecular weight excluding hydrogens is 192 g/mol. The molecular formula is C12H14O3. The van der Waals surface area contributed by atoms with Crippen LogP contribution in [0.15, 0.2) is 18.2 Å². The Morgan fingerprint density at radius 2 is 2.07 bits per heavy atom. The van der Waals surface area contributed by atoms with Gasteiger partial charge in [-0.15, -0.1) is 0 Å². The Balaban J connectivity index is 2.30. The summed E-state index contributed by atoms with van der Waals surface area (Å²) in [5.74, 6) is 1.48. The Morgan fingerprint density at radius 3 is 2.73 bits per heavy atom. The van der Waals surface area contributed by atoms with Gasteiger partial charge in [-0.2, -0.15) is 0 Å². The summed E-state index contributed by atoms with van der Waals surface area (Å²) in [7, 11) is 0. The average molecular weight is 206 g/mol. The van der Waals surface area contributed by atoms with Crippen molar-refractivity contribution in [2.24, 2.45) is 0 Å². The van der Waals surface area contributed by atoms with Crippen molar-refractivity contribution < 1.29 is 14.3 Å². The predicted octanol–water partition coefficient (Wildman–Crippen LogP) is 2.15.